The Bertz CT molecular complexity index is 985. The van der Waals surface area contributed by atoms with Crippen molar-refractivity contribution >= 4 is 11.8 Å². The molecule has 1 aliphatic rings. The van der Waals surface area contributed by atoms with Crippen LogP contribution in [0.15, 0.2) is 71.5 Å². The van der Waals surface area contributed by atoms with Crippen LogP contribution < -0.4 is 5.32 Å². The van der Waals surface area contributed by atoms with E-state index < -0.39 is 0 Å². The molecule has 0 bridgehead atoms. The van der Waals surface area contributed by atoms with Gasteiger partial charge in [0.2, 0.25) is 5.91 Å². The first kappa shape index (κ1) is 18.9. The van der Waals surface area contributed by atoms with Crippen molar-refractivity contribution in [1.29, 1.82) is 0 Å². The Hall–Kier alpha value is -3.41. The van der Waals surface area contributed by atoms with Gasteiger partial charge in [0.25, 0.3) is 5.91 Å². The summed E-state index contributed by atoms with van der Waals surface area (Å²) in [4.78, 5) is 31.5. The highest BCUT2D eigenvalue weighted by atomic mass is 16.3. The summed E-state index contributed by atoms with van der Waals surface area (Å²) in [5.41, 5.74) is 2.06. The maximum absolute atomic E-state index is 12.8. The molecule has 2 amide bonds. The molecule has 4 rings (SSSR count). The molecule has 1 fully saturated rings. The topological polar surface area (TPSA) is 75.4 Å². The van der Waals surface area contributed by atoms with Gasteiger partial charge in [-0.2, -0.15) is 0 Å². The Morgan fingerprint density at radius 1 is 1.10 bits per heavy atom. The lowest BCUT2D eigenvalue weighted by Gasteiger charge is -2.21. The fourth-order valence-corrected chi connectivity index (χ4v) is 3.69. The lowest BCUT2D eigenvalue weighted by molar-refractivity contribution is -0.131. The number of carbonyl (C=O) groups is 2. The quantitative estimate of drug-likeness (QED) is 0.725. The van der Waals surface area contributed by atoms with Crippen molar-refractivity contribution in [3.8, 4) is 11.3 Å². The molecule has 0 spiro atoms. The van der Waals surface area contributed by atoms with Crippen molar-refractivity contribution in [3.05, 3.63) is 78.3 Å². The van der Waals surface area contributed by atoms with Crippen molar-refractivity contribution in [2.45, 2.75) is 25.3 Å². The summed E-state index contributed by atoms with van der Waals surface area (Å²) in [5, 5.41) is 3.00. The van der Waals surface area contributed by atoms with Gasteiger partial charge in [0.05, 0.1) is 5.92 Å². The number of likely N-dealkylation sites (tertiary alicyclic amines) is 1. The number of hydrogen-bond donors (Lipinski definition) is 1. The van der Waals surface area contributed by atoms with E-state index in [-0.39, 0.29) is 29.5 Å². The van der Waals surface area contributed by atoms with E-state index in [0.717, 1.165) is 17.5 Å². The van der Waals surface area contributed by atoms with Crippen molar-refractivity contribution in [2.24, 2.45) is 0 Å². The molecule has 0 aliphatic carbocycles. The SMILES string of the molecule is C[C@H](C(=O)N1CC[C@H](NC(=O)c2ncoc2-c2ccccc2)C1)c1ccccc1. The largest absolute Gasteiger partial charge is 0.443 e. The predicted octanol–water partition coefficient (Wildman–Crippen LogP) is 3.48. The van der Waals surface area contributed by atoms with E-state index >= 15 is 0 Å². The first-order chi connectivity index (χ1) is 14.1. The van der Waals surface area contributed by atoms with Crippen molar-refractivity contribution in [1.82, 2.24) is 15.2 Å². The van der Waals surface area contributed by atoms with Gasteiger partial charge in [-0.1, -0.05) is 60.7 Å². The third kappa shape index (κ3) is 4.06. The molecule has 1 saturated heterocycles. The summed E-state index contributed by atoms with van der Waals surface area (Å²) in [6.07, 6.45) is 2.00. The highest BCUT2D eigenvalue weighted by Gasteiger charge is 2.31. The van der Waals surface area contributed by atoms with Crippen LogP contribution in [0.5, 0.6) is 0 Å². The molecule has 1 aromatic heterocycles. The number of nitrogens with one attached hydrogen (secondary N) is 1. The van der Waals surface area contributed by atoms with Crippen LogP contribution in [-0.4, -0.2) is 40.8 Å². The van der Waals surface area contributed by atoms with E-state index in [1.807, 2.05) is 72.5 Å². The van der Waals surface area contributed by atoms with Crippen molar-refractivity contribution in [3.63, 3.8) is 0 Å². The number of benzene rings is 2. The number of carbonyl (C=O) groups excluding carboxylic acids is 2. The average Bonchev–Trinajstić information content (AvgIpc) is 3.44. The van der Waals surface area contributed by atoms with E-state index in [9.17, 15) is 9.59 Å². The second kappa shape index (κ2) is 8.31. The van der Waals surface area contributed by atoms with Gasteiger partial charge in [-0.05, 0) is 18.9 Å². The molecule has 0 unspecified atom stereocenters. The van der Waals surface area contributed by atoms with Crippen molar-refractivity contribution < 1.29 is 14.0 Å². The van der Waals surface area contributed by atoms with Gasteiger partial charge in [0, 0.05) is 24.7 Å². The molecule has 6 heteroatoms. The third-order valence-electron chi connectivity index (χ3n) is 5.32. The molecule has 6 nitrogen and oxygen atoms in total. The van der Waals surface area contributed by atoms with Gasteiger partial charge in [-0.25, -0.2) is 4.98 Å². The monoisotopic (exact) mass is 389 g/mol. The number of aromatic nitrogens is 1. The molecule has 2 aromatic carbocycles. The van der Waals surface area contributed by atoms with Crippen LogP contribution in [0, 0.1) is 0 Å². The molecule has 1 N–H and O–H groups in total. The van der Waals surface area contributed by atoms with Gasteiger partial charge in [-0.3, -0.25) is 9.59 Å². The van der Waals surface area contributed by atoms with E-state index in [2.05, 4.69) is 10.3 Å². The van der Waals surface area contributed by atoms with Crippen LogP contribution in [0.4, 0.5) is 0 Å². The van der Waals surface area contributed by atoms with Crippen LogP contribution in [-0.2, 0) is 4.79 Å². The summed E-state index contributed by atoms with van der Waals surface area (Å²) < 4.78 is 5.44. The van der Waals surface area contributed by atoms with Crippen LogP contribution in [0.2, 0.25) is 0 Å². The van der Waals surface area contributed by atoms with Gasteiger partial charge >= 0.3 is 0 Å². The van der Waals surface area contributed by atoms with Gasteiger partial charge in [0.15, 0.2) is 17.8 Å². The van der Waals surface area contributed by atoms with E-state index in [4.69, 9.17) is 4.42 Å². The van der Waals surface area contributed by atoms with Gasteiger partial charge in [-0.15, -0.1) is 0 Å². The smallest absolute Gasteiger partial charge is 0.274 e. The predicted molar refractivity (Wildman–Crippen MR) is 109 cm³/mol. The van der Waals surface area contributed by atoms with Crippen LogP contribution in [0.3, 0.4) is 0 Å². The van der Waals surface area contributed by atoms with Crippen LogP contribution in [0.1, 0.15) is 35.3 Å². The van der Waals surface area contributed by atoms with E-state index in [1.54, 1.807) is 0 Å². The summed E-state index contributed by atoms with van der Waals surface area (Å²) in [6, 6.07) is 19.1. The van der Waals surface area contributed by atoms with Crippen LogP contribution >= 0.6 is 0 Å². The van der Waals surface area contributed by atoms with Crippen LogP contribution in [0.25, 0.3) is 11.3 Å². The molecule has 0 saturated carbocycles. The minimum Gasteiger partial charge on any atom is -0.443 e. The number of amides is 2. The third-order valence-corrected chi connectivity index (χ3v) is 5.32. The first-order valence-corrected chi connectivity index (χ1v) is 9.77. The minimum absolute atomic E-state index is 0.0827. The lowest BCUT2D eigenvalue weighted by atomic mass is 10.00. The Labute approximate surface area is 169 Å². The molecule has 29 heavy (non-hydrogen) atoms. The summed E-state index contributed by atoms with van der Waals surface area (Å²) >= 11 is 0. The number of nitrogens with zero attached hydrogens (tertiary/aromatic N) is 2. The van der Waals surface area contributed by atoms with E-state index in [1.165, 1.54) is 6.39 Å². The normalized spacial score (nSPS) is 17.1. The Kier molecular flexibility index (Phi) is 5.42. The number of rotatable bonds is 5. The maximum Gasteiger partial charge on any atom is 0.274 e. The molecular weight excluding hydrogens is 366 g/mol. The highest BCUT2D eigenvalue weighted by Crippen LogP contribution is 2.24. The molecule has 2 atom stereocenters. The van der Waals surface area contributed by atoms with E-state index in [0.29, 0.717) is 18.8 Å². The zero-order chi connectivity index (χ0) is 20.2. The summed E-state index contributed by atoms with van der Waals surface area (Å²) in [5.74, 6) is 0.0463. The Morgan fingerprint density at radius 2 is 1.79 bits per heavy atom. The first-order valence-electron chi connectivity index (χ1n) is 9.77. The molecule has 148 valence electrons. The lowest BCUT2D eigenvalue weighted by Crippen LogP contribution is -2.39. The molecule has 0 radical (unpaired) electrons. The zero-order valence-electron chi connectivity index (χ0n) is 16.2. The highest BCUT2D eigenvalue weighted by molar-refractivity contribution is 5.97. The average molecular weight is 389 g/mol. The molecule has 2 heterocycles. The maximum atomic E-state index is 12.8. The zero-order valence-corrected chi connectivity index (χ0v) is 16.2. The fourth-order valence-electron chi connectivity index (χ4n) is 3.69. The van der Waals surface area contributed by atoms with Crippen molar-refractivity contribution in [2.75, 3.05) is 13.1 Å². The number of oxazole rings is 1. The standard InChI is InChI=1S/C23H23N3O3/c1-16(17-8-4-2-5-9-17)23(28)26-13-12-19(14-26)25-22(27)20-21(29-15-24-20)18-10-6-3-7-11-18/h2-11,15-16,19H,12-14H2,1H3,(H,25,27)/t16-,19-/m0/s1. The number of hydrogen-bond acceptors (Lipinski definition) is 4. The van der Waals surface area contributed by atoms with Gasteiger partial charge < -0.3 is 14.6 Å². The second-order valence-electron chi connectivity index (χ2n) is 7.27. The Balaban J connectivity index is 1.39. The molecular formula is C23H23N3O3. The second-order valence-corrected chi connectivity index (χ2v) is 7.27. The Morgan fingerprint density at radius 3 is 2.52 bits per heavy atom. The fraction of sp³-hybridized carbons (Fsp3) is 0.261. The molecule has 1 aliphatic heterocycles. The summed E-state index contributed by atoms with van der Waals surface area (Å²) in [6.45, 7) is 3.05. The minimum atomic E-state index is -0.284. The summed E-state index contributed by atoms with van der Waals surface area (Å²) in [7, 11) is 0. The molecule has 3 aromatic rings. The van der Waals surface area contributed by atoms with Gasteiger partial charge in [0.1, 0.15) is 0 Å².